The zero-order chi connectivity index (χ0) is 58.4. The van der Waals surface area contributed by atoms with Crippen LogP contribution in [-0.4, -0.2) is 197 Å². The van der Waals surface area contributed by atoms with Crippen LogP contribution in [0.1, 0.15) is 194 Å². The van der Waals surface area contributed by atoms with Gasteiger partial charge in [-0.3, -0.25) is 9.59 Å². The number of nitrogens with one attached hydrogen (secondary N) is 2. The van der Waals surface area contributed by atoms with Crippen LogP contribution in [0, 0.1) is 0 Å². The van der Waals surface area contributed by atoms with Gasteiger partial charge in [-0.1, -0.05) is 154 Å². The van der Waals surface area contributed by atoms with Crippen molar-refractivity contribution in [2.24, 2.45) is 0 Å². The molecule has 2 N–H and O–H groups in total. The van der Waals surface area contributed by atoms with Crippen molar-refractivity contribution < 1.29 is 71.2 Å². The molecule has 0 saturated heterocycles. The summed E-state index contributed by atoms with van der Waals surface area (Å²) in [6.07, 6.45) is 46.0. The highest BCUT2D eigenvalue weighted by molar-refractivity contribution is 5.72. The second kappa shape index (κ2) is 72.2. The van der Waals surface area contributed by atoms with Crippen molar-refractivity contribution in [1.82, 2.24) is 10.6 Å². The van der Waals surface area contributed by atoms with E-state index in [2.05, 4.69) is 48.8 Å². The minimum Gasteiger partial charge on any atom is -0.463 e. The van der Waals surface area contributed by atoms with Gasteiger partial charge in [0.25, 0.3) is 0 Å². The Kier molecular flexibility index (Phi) is 70.3. The Hall–Kier alpha value is -2.10. The van der Waals surface area contributed by atoms with E-state index in [1.807, 2.05) is 0 Å². The van der Waals surface area contributed by atoms with Crippen molar-refractivity contribution in [3.8, 4) is 0 Å². The molecule has 0 amide bonds. The summed E-state index contributed by atoms with van der Waals surface area (Å²) in [4.78, 5) is 23.3. The molecule has 1 unspecified atom stereocenters. The number of unbranched alkanes of at least 4 members (excludes halogenated alkanes) is 24. The Morgan fingerprint density at radius 1 is 0.321 bits per heavy atom. The summed E-state index contributed by atoms with van der Waals surface area (Å²) >= 11 is 0. The third-order valence-electron chi connectivity index (χ3n) is 13.1. The number of carbonyl (C=O) groups excluding carboxylic acids is 2. The summed E-state index contributed by atoms with van der Waals surface area (Å²) in [5, 5.41) is 5.77. The molecule has 17 heteroatoms. The van der Waals surface area contributed by atoms with Crippen molar-refractivity contribution in [1.29, 1.82) is 0 Å². The Bertz CT molecular complexity index is 1290. The second-order valence-corrected chi connectivity index (χ2v) is 20.6. The number of esters is 2. The highest BCUT2D eigenvalue weighted by atomic mass is 16.6. The molecular formula is C64H124N2O15. The topological polar surface area (TPSA) is 178 Å². The summed E-state index contributed by atoms with van der Waals surface area (Å²) in [5.41, 5.74) is 0. The smallest absolute Gasteiger partial charge is 0.320 e. The largest absolute Gasteiger partial charge is 0.463 e. The molecule has 0 aliphatic heterocycles. The first-order chi connectivity index (χ1) is 40.1. The molecule has 0 bridgehead atoms. The fourth-order valence-corrected chi connectivity index (χ4v) is 8.27. The van der Waals surface area contributed by atoms with Gasteiger partial charge in [-0.05, 0) is 64.2 Å². The fourth-order valence-electron chi connectivity index (χ4n) is 8.27. The van der Waals surface area contributed by atoms with E-state index < -0.39 is 5.97 Å². The maximum absolute atomic E-state index is 11.8. The lowest BCUT2D eigenvalue weighted by Gasteiger charge is -2.18. The molecule has 0 aromatic heterocycles. The minimum atomic E-state index is -0.411. The van der Waals surface area contributed by atoms with Gasteiger partial charge in [0.15, 0.2) is 0 Å². The number of methoxy groups -OCH3 is 1. The summed E-state index contributed by atoms with van der Waals surface area (Å²) in [6.45, 7) is 15.8. The highest BCUT2D eigenvalue weighted by Gasteiger charge is 2.11. The van der Waals surface area contributed by atoms with Crippen molar-refractivity contribution in [3.63, 3.8) is 0 Å². The van der Waals surface area contributed by atoms with E-state index in [4.69, 9.17) is 61.6 Å². The maximum atomic E-state index is 11.8. The van der Waals surface area contributed by atoms with Crippen LogP contribution >= 0.6 is 0 Å². The summed E-state index contributed by atoms with van der Waals surface area (Å²) < 4.78 is 72.5. The second-order valence-electron chi connectivity index (χ2n) is 20.6. The van der Waals surface area contributed by atoms with E-state index in [0.29, 0.717) is 125 Å². The number of carbonyl (C=O) groups is 2. The monoisotopic (exact) mass is 1160 g/mol. The van der Waals surface area contributed by atoms with E-state index >= 15 is 0 Å². The summed E-state index contributed by atoms with van der Waals surface area (Å²) in [5.74, 6) is -0.775. The van der Waals surface area contributed by atoms with Crippen LogP contribution in [0.5, 0.6) is 0 Å². The van der Waals surface area contributed by atoms with Crippen LogP contribution in [0.3, 0.4) is 0 Å². The Morgan fingerprint density at radius 2 is 0.617 bits per heavy atom. The zero-order valence-electron chi connectivity index (χ0n) is 52.2. The predicted molar refractivity (Wildman–Crippen MR) is 326 cm³/mol. The molecule has 0 aliphatic carbocycles. The molecule has 0 heterocycles. The third-order valence-corrected chi connectivity index (χ3v) is 13.1. The molecule has 0 fully saturated rings. The van der Waals surface area contributed by atoms with Gasteiger partial charge in [0.2, 0.25) is 0 Å². The Balaban J connectivity index is 3.87. The van der Waals surface area contributed by atoms with Gasteiger partial charge in [-0.15, -0.1) is 0 Å². The Labute approximate surface area is 494 Å². The molecule has 0 aromatic carbocycles. The quantitative estimate of drug-likeness (QED) is 0.0333. The minimum absolute atomic E-state index is 0.0168. The fraction of sp³-hybridized carbons (Fsp3) is 0.906. The maximum Gasteiger partial charge on any atom is 0.320 e. The number of ether oxygens (including phenoxy) is 13. The first-order valence-corrected chi connectivity index (χ1v) is 32.5. The van der Waals surface area contributed by atoms with Gasteiger partial charge in [-0.2, -0.15) is 0 Å². The van der Waals surface area contributed by atoms with Crippen LogP contribution in [0.15, 0.2) is 24.3 Å². The first-order valence-electron chi connectivity index (χ1n) is 32.5. The van der Waals surface area contributed by atoms with Gasteiger partial charge < -0.3 is 72.2 Å². The van der Waals surface area contributed by atoms with Crippen molar-refractivity contribution in [2.75, 3.05) is 179 Å². The third kappa shape index (κ3) is 70.3. The number of rotatable bonds is 71. The van der Waals surface area contributed by atoms with Gasteiger partial charge in [0, 0.05) is 33.4 Å². The molecule has 0 aromatic rings. The normalized spacial score (nSPS) is 12.2. The Morgan fingerprint density at radius 3 is 1.00 bits per heavy atom. The average Bonchev–Trinajstić information content (AvgIpc) is 3.47. The molecule has 0 saturated carbocycles. The van der Waals surface area contributed by atoms with Crippen LogP contribution in [0.4, 0.5) is 0 Å². The van der Waals surface area contributed by atoms with E-state index in [1.54, 1.807) is 7.11 Å². The average molecular weight is 1160 g/mol. The van der Waals surface area contributed by atoms with E-state index in [-0.39, 0.29) is 45.0 Å². The van der Waals surface area contributed by atoms with Crippen LogP contribution in [0.25, 0.3) is 0 Å². The van der Waals surface area contributed by atoms with Crippen molar-refractivity contribution in [2.45, 2.75) is 200 Å². The highest BCUT2D eigenvalue weighted by Crippen LogP contribution is 2.13. The molecule has 1 atom stereocenters. The van der Waals surface area contributed by atoms with Crippen molar-refractivity contribution in [3.05, 3.63) is 24.3 Å². The molecule has 81 heavy (non-hydrogen) atoms. The van der Waals surface area contributed by atoms with Crippen LogP contribution in [0.2, 0.25) is 0 Å². The van der Waals surface area contributed by atoms with Gasteiger partial charge in [0.05, 0.1) is 132 Å². The molecule has 17 nitrogen and oxygen atoms in total. The van der Waals surface area contributed by atoms with Gasteiger partial charge >= 0.3 is 11.9 Å². The predicted octanol–water partition coefficient (Wildman–Crippen LogP) is 11.5. The van der Waals surface area contributed by atoms with Gasteiger partial charge in [0.1, 0.15) is 19.3 Å². The molecular weight excluding hydrogens is 1040 g/mol. The van der Waals surface area contributed by atoms with E-state index in [1.165, 1.54) is 167 Å². The number of allylic oxidation sites excluding steroid dienone is 4. The van der Waals surface area contributed by atoms with Crippen LogP contribution in [-0.2, 0) is 71.2 Å². The lowest BCUT2D eigenvalue weighted by atomic mass is 10.1. The van der Waals surface area contributed by atoms with Crippen molar-refractivity contribution >= 4 is 11.9 Å². The SMILES string of the molecule is CCCCCCCC/C=C\CCCCCCCCOCC(COCCOCCOCCOCCOCCOCCOCCOCCOC(=O)CNCCOC(=O)CNCCOC)OCCCCCCCC/C=C\CCCCCCCC. The summed E-state index contributed by atoms with van der Waals surface area (Å²) in [6, 6.07) is 0. The molecule has 480 valence electrons. The number of hydrogen-bond donors (Lipinski definition) is 2. The van der Waals surface area contributed by atoms with E-state index in [0.717, 1.165) is 26.1 Å². The first kappa shape index (κ1) is 78.9. The zero-order valence-corrected chi connectivity index (χ0v) is 52.2. The number of hydrogen-bond acceptors (Lipinski definition) is 17. The molecule has 0 aliphatic rings. The van der Waals surface area contributed by atoms with Crippen LogP contribution < -0.4 is 10.6 Å². The lowest BCUT2D eigenvalue weighted by molar-refractivity contribution is -0.144. The standard InChI is InChI=1S/C64H124N2O15/c1-4-6-8-10-12-14-16-18-20-22-24-26-28-30-32-34-38-77-60-62(79-39-35-33-31-29-27-25-23-21-19-17-15-13-11-9-7-5-2)61-78-55-54-75-51-50-73-47-46-71-43-42-70-44-45-72-48-49-74-52-53-76-56-57-81-64(68)59-66-37-41-80-63(67)58-65-36-40-69-3/h18-21,62,65-66H,4-17,22-61H2,1-3H3/b20-18-,21-19-. The lowest BCUT2D eigenvalue weighted by Crippen LogP contribution is -2.31. The molecule has 0 rings (SSSR count). The molecule has 0 radical (unpaired) electrons. The summed E-state index contributed by atoms with van der Waals surface area (Å²) in [7, 11) is 1.59. The molecule has 0 spiro atoms. The van der Waals surface area contributed by atoms with Gasteiger partial charge in [-0.25, -0.2) is 0 Å². The van der Waals surface area contributed by atoms with E-state index in [9.17, 15) is 9.59 Å².